The fourth-order valence-electron chi connectivity index (χ4n) is 1.06. The minimum Gasteiger partial charge on any atom is -0.396 e. The third-order valence-corrected chi connectivity index (χ3v) is 1.86. The fraction of sp³-hybridized carbons (Fsp3) is 0.500. The molecule has 0 bridgehead atoms. The summed E-state index contributed by atoms with van der Waals surface area (Å²) in [6, 6.07) is 0. The van der Waals surface area contributed by atoms with Crippen molar-refractivity contribution in [2.45, 2.75) is 13.5 Å². The van der Waals surface area contributed by atoms with Gasteiger partial charge in [0.15, 0.2) is 0 Å². The number of aliphatic hydroxyl groups excluding tert-OH is 1. The number of anilines is 1. The van der Waals surface area contributed by atoms with Crippen LogP contribution in [0, 0.1) is 5.92 Å². The van der Waals surface area contributed by atoms with Gasteiger partial charge < -0.3 is 10.8 Å². The molecule has 1 atom stereocenters. The maximum atomic E-state index is 11.2. The third-order valence-electron chi connectivity index (χ3n) is 1.86. The molecule has 0 saturated heterocycles. The molecule has 1 aromatic rings. The number of rotatable bonds is 3. The summed E-state index contributed by atoms with van der Waals surface area (Å²) in [4.78, 5) is 24.2. The van der Waals surface area contributed by atoms with Crippen LogP contribution in [0.4, 0.5) is 5.69 Å². The first kappa shape index (κ1) is 10.5. The molecule has 0 saturated carbocycles. The van der Waals surface area contributed by atoms with Gasteiger partial charge in [0.2, 0.25) is 0 Å². The predicted octanol–water partition coefficient (Wildman–Crippen LogP) is -1.25. The van der Waals surface area contributed by atoms with Crippen molar-refractivity contribution < 1.29 is 5.11 Å². The molecular formula is C8H13N3O3. The van der Waals surface area contributed by atoms with E-state index in [0.717, 1.165) is 0 Å². The Morgan fingerprint density at radius 1 is 1.64 bits per heavy atom. The molecular weight excluding hydrogens is 186 g/mol. The van der Waals surface area contributed by atoms with Gasteiger partial charge in [0, 0.05) is 19.3 Å². The molecule has 1 aromatic heterocycles. The van der Waals surface area contributed by atoms with Crippen molar-refractivity contribution in [1.82, 2.24) is 9.55 Å². The van der Waals surface area contributed by atoms with E-state index in [4.69, 9.17) is 10.8 Å². The average molecular weight is 199 g/mol. The molecule has 0 aliphatic heterocycles. The average Bonchev–Trinajstić information content (AvgIpc) is 2.14. The van der Waals surface area contributed by atoms with Gasteiger partial charge in [0.1, 0.15) is 5.69 Å². The monoisotopic (exact) mass is 199 g/mol. The highest BCUT2D eigenvalue weighted by Gasteiger charge is 2.05. The van der Waals surface area contributed by atoms with Crippen molar-refractivity contribution in [2.24, 2.45) is 5.92 Å². The van der Waals surface area contributed by atoms with Gasteiger partial charge in [-0.25, -0.2) is 4.79 Å². The second kappa shape index (κ2) is 4.10. The largest absolute Gasteiger partial charge is 0.396 e. The maximum absolute atomic E-state index is 11.2. The van der Waals surface area contributed by atoms with Crippen LogP contribution in [0.25, 0.3) is 0 Å². The Kier molecular flexibility index (Phi) is 3.08. The van der Waals surface area contributed by atoms with E-state index in [1.807, 2.05) is 0 Å². The van der Waals surface area contributed by atoms with Crippen LogP contribution in [0.5, 0.6) is 0 Å². The summed E-state index contributed by atoms with van der Waals surface area (Å²) < 4.78 is 1.28. The zero-order chi connectivity index (χ0) is 10.7. The molecule has 6 nitrogen and oxygen atoms in total. The van der Waals surface area contributed by atoms with Crippen molar-refractivity contribution in [1.29, 1.82) is 0 Å². The van der Waals surface area contributed by atoms with E-state index < -0.39 is 11.2 Å². The molecule has 78 valence electrons. The number of nitrogens with zero attached hydrogens (tertiary/aromatic N) is 1. The van der Waals surface area contributed by atoms with Crippen LogP contribution >= 0.6 is 0 Å². The van der Waals surface area contributed by atoms with E-state index in [1.165, 1.54) is 10.8 Å². The Labute approximate surface area is 80.0 Å². The number of hydrogen-bond donors (Lipinski definition) is 3. The number of nitrogen functional groups attached to an aromatic ring is 1. The second-order valence-corrected chi connectivity index (χ2v) is 3.28. The van der Waals surface area contributed by atoms with Crippen LogP contribution < -0.4 is 17.0 Å². The molecule has 1 unspecified atom stereocenters. The summed E-state index contributed by atoms with van der Waals surface area (Å²) in [7, 11) is 0. The topological polar surface area (TPSA) is 101 Å². The molecule has 0 aliphatic rings. The maximum Gasteiger partial charge on any atom is 0.328 e. The number of aliphatic hydroxyl groups is 1. The Hall–Kier alpha value is -1.56. The zero-order valence-corrected chi connectivity index (χ0v) is 7.86. The molecule has 0 spiro atoms. The van der Waals surface area contributed by atoms with Crippen LogP contribution in [0.3, 0.4) is 0 Å². The standard InChI is InChI=1S/C8H13N3O3/c1-5(4-12)2-11-3-6(9)7(13)10-8(11)14/h3,5,12H,2,4,9H2,1H3,(H,10,13,14). The minimum absolute atomic E-state index is 0.00487. The van der Waals surface area contributed by atoms with Crippen molar-refractivity contribution in [3.8, 4) is 0 Å². The van der Waals surface area contributed by atoms with Crippen molar-refractivity contribution >= 4 is 5.69 Å². The number of nitrogens with one attached hydrogen (secondary N) is 1. The first-order valence-electron chi connectivity index (χ1n) is 4.24. The first-order valence-corrected chi connectivity index (χ1v) is 4.24. The van der Waals surface area contributed by atoms with Gasteiger partial charge >= 0.3 is 5.69 Å². The van der Waals surface area contributed by atoms with E-state index in [1.54, 1.807) is 6.92 Å². The molecule has 0 radical (unpaired) electrons. The van der Waals surface area contributed by atoms with Crippen molar-refractivity contribution in [2.75, 3.05) is 12.3 Å². The van der Waals surface area contributed by atoms with E-state index in [2.05, 4.69) is 4.98 Å². The van der Waals surface area contributed by atoms with Gasteiger partial charge in [-0.2, -0.15) is 0 Å². The molecule has 4 N–H and O–H groups in total. The third kappa shape index (κ3) is 2.23. The van der Waals surface area contributed by atoms with Crippen LogP contribution in [0.2, 0.25) is 0 Å². The molecule has 0 fully saturated rings. The van der Waals surface area contributed by atoms with Gasteiger partial charge in [0.25, 0.3) is 5.56 Å². The van der Waals surface area contributed by atoms with Crippen molar-refractivity contribution in [3.63, 3.8) is 0 Å². The lowest BCUT2D eigenvalue weighted by Gasteiger charge is -2.09. The van der Waals surface area contributed by atoms with Crippen molar-refractivity contribution in [3.05, 3.63) is 27.0 Å². The fourth-order valence-corrected chi connectivity index (χ4v) is 1.06. The molecule has 6 heteroatoms. The SMILES string of the molecule is CC(CO)Cn1cc(N)c(=O)[nH]c1=O. The lowest BCUT2D eigenvalue weighted by molar-refractivity contribution is 0.221. The highest BCUT2D eigenvalue weighted by atomic mass is 16.3. The smallest absolute Gasteiger partial charge is 0.328 e. The Morgan fingerprint density at radius 2 is 2.29 bits per heavy atom. The summed E-state index contributed by atoms with van der Waals surface area (Å²) >= 11 is 0. The number of aromatic amines is 1. The van der Waals surface area contributed by atoms with Gasteiger partial charge in [-0.3, -0.25) is 14.3 Å². The number of aromatic nitrogens is 2. The minimum atomic E-state index is -0.581. The van der Waals surface area contributed by atoms with E-state index in [-0.39, 0.29) is 18.2 Å². The highest BCUT2D eigenvalue weighted by molar-refractivity contribution is 5.30. The summed E-state index contributed by atoms with van der Waals surface area (Å²) in [5, 5.41) is 8.79. The predicted molar refractivity (Wildman–Crippen MR) is 52.0 cm³/mol. The molecule has 14 heavy (non-hydrogen) atoms. The molecule has 0 amide bonds. The number of hydrogen-bond acceptors (Lipinski definition) is 4. The zero-order valence-electron chi connectivity index (χ0n) is 7.86. The Balaban J connectivity index is 3.04. The van der Waals surface area contributed by atoms with Crippen LogP contribution in [0.15, 0.2) is 15.8 Å². The molecule has 1 heterocycles. The number of nitrogens with two attached hydrogens (primary N) is 1. The van der Waals surface area contributed by atoms with Gasteiger partial charge in [-0.15, -0.1) is 0 Å². The summed E-state index contributed by atoms with van der Waals surface area (Å²) in [5.74, 6) is -0.0574. The first-order chi connectivity index (χ1) is 6.54. The van der Waals surface area contributed by atoms with Gasteiger partial charge in [-0.1, -0.05) is 6.92 Å². The lowest BCUT2D eigenvalue weighted by atomic mass is 10.2. The van der Waals surface area contributed by atoms with Gasteiger partial charge in [-0.05, 0) is 5.92 Å². The summed E-state index contributed by atoms with van der Waals surface area (Å²) in [6.45, 7) is 2.09. The van der Waals surface area contributed by atoms with Crippen LogP contribution in [0.1, 0.15) is 6.92 Å². The highest BCUT2D eigenvalue weighted by Crippen LogP contribution is 1.97. The Bertz CT molecular complexity index is 421. The molecule has 0 aromatic carbocycles. The summed E-state index contributed by atoms with van der Waals surface area (Å²) in [6.07, 6.45) is 1.29. The van der Waals surface area contributed by atoms with Gasteiger partial charge in [0.05, 0.1) is 0 Å². The van der Waals surface area contributed by atoms with E-state index >= 15 is 0 Å². The van der Waals surface area contributed by atoms with Crippen LogP contribution in [-0.2, 0) is 6.54 Å². The lowest BCUT2D eigenvalue weighted by Crippen LogP contribution is -2.32. The Morgan fingerprint density at radius 3 is 2.86 bits per heavy atom. The molecule has 1 rings (SSSR count). The normalized spacial score (nSPS) is 12.7. The van der Waals surface area contributed by atoms with E-state index in [9.17, 15) is 9.59 Å². The second-order valence-electron chi connectivity index (χ2n) is 3.28. The summed E-state index contributed by atoms with van der Waals surface area (Å²) in [5.41, 5.74) is 4.25. The molecule has 0 aliphatic carbocycles. The number of H-pyrrole nitrogens is 1. The van der Waals surface area contributed by atoms with Crippen LogP contribution in [-0.4, -0.2) is 21.3 Å². The quantitative estimate of drug-likeness (QED) is 0.566. The van der Waals surface area contributed by atoms with E-state index in [0.29, 0.717) is 6.54 Å².